The van der Waals surface area contributed by atoms with Gasteiger partial charge in [-0.05, 0) is 66.6 Å². The molecule has 0 radical (unpaired) electrons. The van der Waals surface area contributed by atoms with Gasteiger partial charge in [0.1, 0.15) is 5.82 Å². The first-order chi connectivity index (χ1) is 12.5. The topological polar surface area (TPSA) is 41.4 Å². The normalized spacial score (nSPS) is 19.2. The molecular weight excluding hydrogens is 358 g/mol. The molecule has 0 saturated carbocycles. The number of aliphatic imine (C=N–C) groups is 1. The number of hydrogen-bond donors (Lipinski definition) is 0. The highest BCUT2D eigenvalue weighted by atomic mass is 35.5. The lowest BCUT2D eigenvalue weighted by molar-refractivity contribution is 0.336. The Labute approximate surface area is 155 Å². The van der Waals surface area contributed by atoms with Gasteiger partial charge in [-0.3, -0.25) is 0 Å². The molecule has 2 aromatic rings. The van der Waals surface area contributed by atoms with Crippen LogP contribution in [-0.2, 0) is 6.42 Å². The fourth-order valence-corrected chi connectivity index (χ4v) is 3.56. The molecule has 26 heavy (non-hydrogen) atoms. The first kappa shape index (κ1) is 17.1. The zero-order valence-corrected chi connectivity index (χ0v) is 15.0. The highest BCUT2D eigenvalue weighted by molar-refractivity contribution is 6.28. The van der Waals surface area contributed by atoms with Crippen LogP contribution < -0.4 is 0 Å². The lowest BCUT2D eigenvalue weighted by atomic mass is 9.93. The number of allylic oxidation sites excluding steroid dienone is 1. The van der Waals surface area contributed by atoms with Gasteiger partial charge >= 0.3 is 0 Å². The average Bonchev–Trinajstić information content (AvgIpc) is 3.03. The van der Waals surface area contributed by atoms with E-state index in [4.69, 9.17) is 16.6 Å². The van der Waals surface area contributed by atoms with E-state index in [1.165, 1.54) is 12.1 Å². The summed E-state index contributed by atoms with van der Waals surface area (Å²) in [5.74, 6) is -0.465. The minimum absolute atomic E-state index is 0.211. The highest BCUT2D eigenvalue weighted by Crippen LogP contribution is 2.29. The van der Waals surface area contributed by atoms with Gasteiger partial charge in [-0.1, -0.05) is 6.07 Å². The molecule has 3 heterocycles. The van der Waals surface area contributed by atoms with Crippen molar-refractivity contribution in [2.24, 2.45) is 10.9 Å². The Balaban J connectivity index is 1.56. The van der Waals surface area contributed by atoms with E-state index >= 15 is 0 Å². The van der Waals surface area contributed by atoms with Crippen LogP contribution in [0.3, 0.4) is 0 Å². The van der Waals surface area contributed by atoms with Crippen LogP contribution in [0, 0.1) is 24.5 Å². The second-order valence-corrected chi connectivity index (χ2v) is 7.01. The van der Waals surface area contributed by atoms with E-state index in [0.29, 0.717) is 13.0 Å². The largest absolute Gasteiger partial charge is 0.351 e. The molecule has 1 atom stereocenters. The summed E-state index contributed by atoms with van der Waals surface area (Å²) >= 11 is 5.92. The SMILES string of the molecule is Cc1cnc(Cl)nc1C1=NC2=CC(Cc3ccc(F)c(F)c3)CCN2C1. The fourth-order valence-electron chi connectivity index (χ4n) is 3.43. The molecule has 4 rings (SSSR count). The number of aromatic nitrogens is 2. The Bertz CT molecular complexity index is 926. The van der Waals surface area contributed by atoms with Crippen molar-refractivity contribution in [1.29, 1.82) is 0 Å². The van der Waals surface area contributed by atoms with Crippen LogP contribution in [0.2, 0.25) is 5.28 Å². The maximum Gasteiger partial charge on any atom is 0.222 e. The summed E-state index contributed by atoms with van der Waals surface area (Å²) in [4.78, 5) is 15.2. The summed E-state index contributed by atoms with van der Waals surface area (Å²) in [5, 5.41) is 0.211. The van der Waals surface area contributed by atoms with E-state index < -0.39 is 11.6 Å². The molecule has 1 unspecified atom stereocenters. The van der Waals surface area contributed by atoms with Crippen LogP contribution in [-0.4, -0.2) is 33.7 Å². The monoisotopic (exact) mass is 374 g/mol. The predicted molar refractivity (Wildman–Crippen MR) is 96.1 cm³/mol. The van der Waals surface area contributed by atoms with Crippen molar-refractivity contribution >= 4 is 17.3 Å². The number of nitrogens with zero attached hydrogens (tertiary/aromatic N) is 4. The van der Waals surface area contributed by atoms with Crippen molar-refractivity contribution in [2.45, 2.75) is 19.8 Å². The molecule has 0 saturated heterocycles. The van der Waals surface area contributed by atoms with Crippen molar-refractivity contribution in [2.75, 3.05) is 13.1 Å². The van der Waals surface area contributed by atoms with Crippen LogP contribution in [0.1, 0.15) is 23.2 Å². The predicted octanol–water partition coefficient (Wildman–Crippen LogP) is 3.93. The molecule has 2 aliphatic rings. The molecule has 4 nitrogen and oxygen atoms in total. The van der Waals surface area contributed by atoms with Gasteiger partial charge in [0, 0.05) is 12.7 Å². The highest BCUT2D eigenvalue weighted by Gasteiger charge is 2.28. The first-order valence-electron chi connectivity index (χ1n) is 8.47. The van der Waals surface area contributed by atoms with Crippen molar-refractivity contribution in [3.05, 3.63) is 70.0 Å². The second-order valence-electron chi connectivity index (χ2n) is 6.68. The summed E-state index contributed by atoms with van der Waals surface area (Å²) in [6.45, 7) is 3.49. The summed E-state index contributed by atoms with van der Waals surface area (Å²) in [6, 6.07) is 4.09. The van der Waals surface area contributed by atoms with Crippen molar-refractivity contribution < 1.29 is 8.78 Å². The van der Waals surface area contributed by atoms with Crippen molar-refractivity contribution in [1.82, 2.24) is 14.9 Å². The molecule has 0 spiro atoms. The lowest BCUT2D eigenvalue weighted by Crippen LogP contribution is -2.29. The third-order valence-corrected chi connectivity index (χ3v) is 4.95. The van der Waals surface area contributed by atoms with Gasteiger partial charge in [0.25, 0.3) is 0 Å². The number of benzene rings is 1. The third-order valence-electron chi connectivity index (χ3n) is 4.77. The van der Waals surface area contributed by atoms with Gasteiger partial charge in [-0.2, -0.15) is 0 Å². The molecule has 134 valence electrons. The lowest BCUT2D eigenvalue weighted by Gasteiger charge is -2.27. The molecule has 0 N–H and O–H groups in total. The summed E-state index contributed by atoms with van der Waals surface area (Å²) in [6.07, 6.45) is 5.41. The second kappa shape index (κ2) is 6.76. The van der Waals surface area contributed by atoms with Gasteiger partial charge in [-0.15, -0.1) is 0 Å². The van der Waals surface area contributed by atoms with E-state index in [1.807, 2.05) is 6.92 Å². The molecule has 2 aliphatic heterocycles. The number of rotatable bonds is 3. The van der Waals surface area contributed by atoms with E-state index in [1.54, 1.807) is 12.3 Å². The van der Waals surface area contributed by atoms with Crippen LogP contribution in [0.15, 0.2) is 41.3 Å². The van der Waals surface area contributed by atoms with Crippen LogP contribution in [0.25, 0.3) is 0 Å². The zero-order chi connectivity index (χ0) is 18.3. The maximum absolute atomic E-state index is 13.4. The van der Waals surface area contributed by atoms with Gasteiger partial charge in [0.2, 0.25) is 5.28 Å². The minimum Gasteiger partial charge on any atom is -0.351 e. The average molecular weight is 375 g/mol. The first-order valence-corrected chi connectivity index (χ1v) is 8.85. The third kappa shape index (κ3) is 3.33. The van der Waals surface area contributed by atoms with Gasteiger partial charge in [0.15, 0.2) is 11.6 Å². The Kier molecular flexibility index (Phi) is 4.44. The maximum atomic E-state index is 13.4. The Morgan fingerprint density at radius 2 is 2.12 bits per heavy atom. The number of fused-ring (bicyclic) bond motifs is 1. The van der Waals surface area contributed by atoms with E-state index in [9.17, 15) is 8.78 Å². The molecule has 1 aromatic carbocycles. The summed E-state index contributed by atoms with van der Waals surface area (Å²) < 4.78 is 26.5. The summed E-state index contributed by atoms with van der Waals surface area (Å²) in [7, 11) is 0. The van der Waals surface area contributed by atoms with Crippen LogP contribution in [0.4, 0.5) is 8.78 Å². The standard InChI is InChI=1S/C19H17ClF2N4/c1-11-9-23-19(20)25-18(11)16-10-26-5-4-13(8-17(26)24-16)6-12-2-3-14(21)15(22)7-12/h2-3,7-9,13H,4-6,10H2,1H3. The number of aryl methyl sites for hydroxylation is 1. The van der Waals surface area contributed by atoms with E-state index in [2.05, 4.69) is 20.9 Å². The van der Waals surface area contributed by atoms with Crippen molar-refractivity contribution in [3.8, 4) is 0 Å². The quantitative estimate of drug-likeness (QED) is 0.764. The fraction of sp³-hybridized carbons (Fsp3) is 0.316. The van der Waals surface area contributed by atoms with E-state index in [-0.39, 0.29) is 11.2 Å². The molecule has 0 aliphatic carbocycles. The number of halogens is 3. The molecular formula is C19H17ClF2N4. The van der Waals surface area contributed by atoms with Gasteiger partial charge < -0.3 is 4.90 Å². The van der Waals surface area contributed by atoms with Crippen LogP contribution in [0.5, 0.6) is 0 Å². The molecule has 0 amide bonds. The molecule has 7 heteroatoms. The Morgan fingerprint density at radius 1 is 1.27 bits per heavy atom. The van der Waals surface area contributed by atoms with Gasteiger partial charge in [-0.25, -0.2) is 23.7 Å². The van der Waals surface area contributed by atoms with Crippen molar-refractivity contribution in [3.63, 3.8) is 0 Å². The molecule has 1 aromatic heterocycles. The Hall–Kier alpha value is -2.34. The molecule has 0 fully saturated rings. The smallest absolute Gasteiger partial charge is 0.222 e. The summed E-state index contributed by atoms with van der Waals surface area (Å²) in [5.41, 5.74) is 3.38. The molecule has 0 bridgehead atoms. The minimum atomic E-state index is -0.814. The van der Waals surface area contributed by atoms with E-state index in [0.717, 1.165) is 41.3 Å². The van der Waals surface area contributed by atoms with Crippen LogP contribution >= 0.6 is 11.6 Å². The van der Waals surface area contributed by atoms with Gasteiger partial charge in [0.05, 0.1) is 18.0 Å². The number of hydrogen-bond acceptors (Lipinski definition) is 4. The Morgan fingerprint density at radius 3 is 2.92 bits per heavy atom. The zero-order valence-electron chi connectivity index (χ0n) is 14.2.